The molecule has 1 fully saturated rings. The number of nitrogens with one attached hydrogen (secondary N) is 1. The number of anilines is 1. The van der Waals surface area contributed by atoms with Gasteiger partial charge in [-0.3, -0.25) is 0 Å². The van der Waals surface area contributed by atoms with Crippen molar-refractivity contribution in [3.05, 3.63) is 17.8 Å². The van der Waals surface area contributed by atoms with Gasteiger partial charge in [0, 0.05) is 12.5 Å². The summed E-state index contributed by atoms with van der Waals surface area (Å²) in [5, 5.41) is 11.8. The van der Waals surface area contributed by atoms with Crippen molar-refractivity contribution in [2.45, 2.75) is 38.5 Å². The van der Waals surface area contributed by atoms with E-state index in [0.717, 1.165) is 18.1 Å². The Morgan fingerprint density at radius 1 is 1.35 bits per heavy atom. The maximum absolute atomic E-state index is 5.57. The molecule has 0 aromatic carbocycles. The summed E-state index contributed by atoms with van der Waals surface area (Å²) in [7, 11) is 0. The number of hydrogen-bond acceptors (Lipinski definition) is 4. The van der Waals surface area contributed by atoms with Crippen molar-refractivity contribution >= 4 is 5.82 Å². The lowest BCUT2D eigenvalue weighted by Crippen LogP contribution is -2.20. The molecule has 94 valence electrons. The van der Waals surface area contributed by atoms with Gasteiger partial charge in [0.25, 0.3) is 0 Å². The topological polar surface area (TPSA) is 63.8 Å². The molecule has 2 rings (SSSR count). The van der Waals surface area contributed by atoms with Crippen LogP contribution >= 0.6 is 0 Å². The summed E-state index contributed by atoms with van der Waals surface area (Å²) in [6, 6.07) is 4.14. The Morgan fingerprint density at radius 2 is 2.12 bits per heavy atom. The third-order valence-electron chi connectivity index (χ3n) is 3.49. The molecule has 1 aromatic heterocycles. The fraction of sp³-hybridized carbons (Fsp3) is 0.692. The normalized spacial score (nSPS) is 18.2. The van der Waals surface area contributed by atoms with Crippen LogP contribution in [0.25, 0.3) is 0 Å². The monoisotopic (exact) mass is 234 g/mol. The van der Waals surface area contributed by atoms with E-state index in [4.69, 9.17) is 5.73 Å². The molecule has 1 aromatic rings. The lowest BCUT2D eigenvalue weighted by Gasteiger charge is -2.11. The van der Waals surface area contributed by atoms with E-state index in [1.807, 2.05) is 6.07 Å². The second-order valence-corrected chi connectivity index (χ2v) is 5.05. The highest BCUT2D eigenvalue weighted by atomic mass is 15.2. The SMILES string of the molecule is CC(CN)CNc1ccc(C2CCCC2)nn1. The highest BCUT2D eigenvalue weighted by Gasteiger charge is 2.18. The van der Waals surface area contributed by atoms with Crippen molar-refractivity contribution in [2.24, 2.45) is 11.7 Å². The minimum absolute atomic E-state index is 0.464. The molecule has 17 heavy (non-hydrogen) atoms. The Morgan fingerprint density at radius 3 is 2.71 bits per heavy atom. The number of nitrogens with two attached hydrogens (primary N) is 1. The predicted molar refractivity (Wildman–Crippen MR) is 69.9 cm³/mol. The predicted octanol–water partition coefficient (Wildman–Crippen LogP) is 2.14. The summed E-state index contributed by atoms with van der Waals surface area (Å²) in [5.74, 6) is 1.96. The van der Waals surface area contributed by atoms with Gasteiger partial charge in [-0.1, -0.05) is 19.8 Å². The van der Waals surface area contributed by atoms with Crippen LogP contribution in [0.4, 0.5) is 5.82 Å². The second-order valence-electron chi connectivity index (χ2n) is 5.05. The zero-order chi connectivity index (χ0) is 12.1. The summed E-state index contributed by atoms with van der Waals surface area (Å²) in [5.41, 5.74) is 6.72. The molecule has 0 saturated heterocycles. The highest BCUT2D eigenvalue weighted by molar-refractivity contribution is 5.33. The minimum atomic E-state index is 0.464. The zero-order valence-corrected chi connectivity index (χ0v) is 10.5. The van der Waals surface area contributed by atoms with Crippen molar-refractivity contribution < 1.29 is 0 Å². The van der Waals surface area contributed by atoms with Crippen LogP contribution in [0.2, 0.25) is 0 Å². The van der Waals surface area contributed by atoms with Gasteiger partial charge in [0.2, 0.25) is 0 Å². The highest BCUT2D eigenvalue weighted by Crippen LogP contribution is 2.32. The summed E-state index contributed by atoms with van der Waals surface area (Å²) in [6.07, 6.45) is 5.21. The Bertz CT molecular complexity index is 330. The molecule has 3 N–H and O–H groups in total. The van der Waals surface area contributed by atoms with E-state index >= 15 is 0 Å². The maximum atomic E-state index is 5.57. The number of aromatic nitrogens is 2. The quantitative estimate of drug-likeness (QED) is 0.819. The van der Waals surface area contributed by atoms with Crippen molar-refractivity contribution in [3.63, 3.8) is 0 Å². The molecular weight excluding hydrogens is 212 g/mol. The largest absolute Gasteiger partial charge is 0.368 e. The smallest absolute Gasteiger partial charge is 0.148 e. The van der Waals surface area contributed by atoms with E-state index in [9.17, 15) is 0 Å². The fourth-order valence-electron chi connectivity index (χ4n) is 2.24. The summed E-state index contributed by atoms with van der Waals surface area (Å²) in [6.45, 7) is 3.67. The average molecular weight is 234 g/mol. The summed E-state index contributed by atoms with van der Waals surface area (Å²) >= 11 is 0. The van der Waals surface area contributed by atoms with Crippen LogP contribution in [-0.2, 0) is 0 Å². The van der Waals surface area contributed by atoms with E-state index in [-0.39, 0.29) is 0 Å². The van der Waals surface area contributed by atoms with Gasteiger partial charge in [-0.2, -0.15) is 5.10 Å². The second kappa shape index (κ2) is 5.96. The van der Waals surface area contributed by atoms with Crippen LogP contribution in [0.3, 0.4) is 0 Å². The standard InChI is InChI=1S/C13H22N4/c1-10(8-14)9-15-13-7-6-12(16-17-13)11-4-2-3-5-11/h6-7,10-11H,2-5,8-9,14H2,1H3,(H,15,17). The van der Waals surface area contributed by atoms with Crippen LogP contribution in [0.15, 0.2) is 12.1 Å². The fourth-order valence-corrected chi connectivity index (χ4v) is 2.24. The zero-order valence-electron chi connectivity index (χ0n) is 10.5. The van der Waals surface area contributed by atoms with Crippen molar-refractivity contribution in [3.8, 4) is 0 Å². The first-order valence-corrected chi connectivity index (χ1v) is 6.57. The average Bonchev–Trinajstić information content (AvgIpc) is 2.90. The summed E-state index contributed by atoms with van der Waals surface area (Å²) in [4.78, 5) is 0. The van der Waals surface area contributed by atoms with Crippen LogP contribution in [0, 0.1) is 5.92 Å². The minimum Gasteiger partial charge on any atom is -0.368 e. The molecule has 4 heteroatoms. The lowest BCUT2D eigenvalue weighted by molar-refractivity contribution is 0.625. The van der Waals surface area contributed by atoms with E-state index in [0.29, 0.717) is 18.4 Å². The van der Waals surface area contributed by atoms with E-state index in [1.165, 1.54) is 25.7 Å². The molecule has 4 nitrogen and oxygen atoms in total. The van der Waals surface area contributed by atoms with Gasteiger partial charge >= 0.3 is 0 Å². The van der Waals surface area contributed by atoms with Crippen LogP contribution in [0.5, 0.6) is 0 Å². The third kappa shape index (κ3) is 3.40. The number of rotatable bonds is 5. The van der Waals surface area contributed by atoms with Gasteiger partial charge in [-0.25, -0.2) is 0 Å². The van der Waals surface area contributed by atoms with Gasteiger partial charge in [0.15, 0.2) is 0 Å². The van der Waals surface area contributed by atoms with Crippen molar-refractivity contribution in [1.82, 2.24) is 10.2 Å². The third-order valence-corrected chi connectivity index (χ3v) is 3.49. The van der Waals surface area contributed by atoms with Gasteiger partial charge in [-0.05, 0) is 37.4 Å². The molecular formula is C13H22N4. The van der Waals surface area contributed by atoms with E-state index < -0.39 is 0 Å². The van der Waals surface area contributed by atoms with Gasteiger partial charge in [0.1, 0.15) is 5.82 Å². The molecule has 1 aliphatic rings. The lowest BCUT2D eigenvalue weighted by atomic mass is 10.0. The molecule has 0 spiro atoms. The van der Waals surface area contributed by atoms with E-state index in [2.05, 4.69) is 28.5 Å². The first-order chi connectivity index (χ1) is 8.29. The van der Waals surface area contributed by atoms with Crippen LogP contribution in [0.1, 0.15) is 44.2 Å². The first-order valence-electron chi connectivity index (χ1n) is 6.57. The Kier molecular flexibility index (Phi) is 4.31. The van der Waals surface area contributed by atoms with Crippen LogP contribution < -0.4 is 11.1 Å². The van der Waals surface area contributed by atoms with Crippen LogP contribution in [-0.4, -0.2) is 23.3 Å². The molecule has 0 radical (unpaired) electrons. The number of hydrogen-bond donors (Lipinski definition) is 2. The first kappa shape index (κ1) is 12.3. The Balaban J connectivity index is 1.88. The molecule has 1 atom stereocenters. The molecule has 0 bridgehead atoms. The number of nitrogens with zero attached hydrogens (tertiary/aromatic N) is 2. The van der Waals surface area contributed by atoms with Crippen molar-refractivity contribution in [1.29, 1.82) is 0 Å². The molecule has 0 aliphatic heterocycles. The van der Waals surface area contributed by atoms with E-state index in [1.54, 1.807) is 0 Å². The molecule has 1 saturated carbocycles. The van der Waals surface area contributed by atoms with Gasteiger partial charge in [0.05, 0.1) is 5.69 Å². The van der Waals surface area contributed by atoms with Gasteiger partial charge in [-0.15, -0.1) is 5.10 Å². The molecule has 1 aliphatic carbocycles. The Hall–Kier alpha value is -1.16. The van der Waals surface area contributed by atoms with Crippen molar-refractivity contribution in [2.75, 3.05) is 18.4 Å². The molecule has 1 unspecified atom stereocenters. The maximum Gasteiger partial charge on any atom is 0.148 e. The van der Waals surface area contributed by atoms with Gasteiger partial charge < -0.3 is 11.1 Å². The Labute approximate surface area is 103 Å². The molecule has 1 heterocycles. The summed E-state index contributed by atoms with van der Waals surface area (Å²) < 4.78 is 0. The molecule has 0 amide bonds.